The lowest BCUT2D eigenvalue weighted by Gasteiger charge is -2.34. The molecule has 0 aromatic carbocycles. The highest BCUT2D eigenvalue weighted by atomic mass is 32.2. The Morgan fingerprint density at radius 1 is 1.14 bits per heavy atom. The molecular formula is C13H23N5O2S. The highest BCUT2D eigenvalue weighted by Gasteiger charge is 2.26. The van der Waals surface area contributed by atoms with Crippen LogP contribution < -0.4 is 10.2 Å². The molecule has 1 aromatic heterocycles. The lowest BCUT2D eigenvalue weighted by Crippen LogP contribution is -2.49. The Labute approximate surface area is 126 Å². The minimum Gasteiger partial charge on any atom is -0.369 e. The number of nitrogens with one attached hydrogen (secondary N) is 1. The van der Waals surface area contributed by atoms with Crippen LogP contribution in [0.2, 0.25) is 0 Å². The minimum absolute atomic E-state index is 0.226. The van der Waals surface area contributed by atoms with Gasteiger partial charge in [-0.25, -0.2) is 8.42 Å². The summed E-state index contributed by atoms with van der Waals surface area (Å²) >= 11 is 0. The SMILES string of the molecule is CCCS(=O)(=O)N1CCN(c2ccc(NCC)nn2)CC1. The van der Waals surface area contributed by atoms with Crippen LogP contribution in [0.1, 0.15) is 20.3 Å². The number of aromatic nitrogens is 2. The summed E-state index contributed by atoms with van der Waals surface area (Å²) in [5.41, 5.74) is 0. The zero-order valence-corrected chi connectivity index (χ0v) is 13.4. The summed E-state index contributed by atoms with van der Waals surface area (Å²) in [6, 6.07) is 3.81. The third-order valence-corrected chi connectivity index (χ3v) is 5.50. The summed E-state index contributed by atoms with van der Waals surface area (Å²) in [5.74, 6) is 1.78. The van der Waals surface area contributed by atoms with Crippen molar-refractivity contribution in [2.24, 2.45) is 0 Å². The van der Waals surface area contributed by atoms with Gasteiger partial charge in [-0.15, -0.1) is 10.2 Å². The average molecular weight is 313 g/mol. The van der Waals surface area contributed by atoms with Gasteiger partial charge < -0.3 is 10.2 Å². The third kappa shape index (κ3) is 4.04. The molecule has 8 heteroatoms. The first-order chi connectivity index (χ1) is 10.1. The van der Waals surface area contributed by atoms with Crippen LogP contribution in [0.5, 0.6) is 0 Å². The second-order valence-electron chi connectivity index (χ2n) is 5.01. The van der Waals surface area contributed by atoms with E-state index in [0.717, 1.165) is 18.2 Å². The van der Waals surface area contributed by atoms with Gasteiger partial charge in [0, 0.05) is 32.7 Å². The number of hydrogen-bond donors (Lipinski definition) is 1. The number of hydrogen-bond acceptors (Lipinski definition) is 6. The van der Waals surface area contributed by atoms with E-state index in [1.807, 2.05) is 26.0 Å². The zero-order chi connectivity index (χ0) is 15.3. The Kier molecular flexibility index (Phi) is 5.35. The van der Waals surface area contributed by atoms with Crippen molar-refractivity contribution < 1.29 is 8.42 Å². The molecule has 1 aliphatic heterocycles. The van der Waals surface area contributed by atoms with Crippen LogP contribution in [0.4, 0.5) is 11.6 Å². The monoisotopic (exact) mass is 313 g/mol. The van der Waals surface area contributed by atoms with Crippen LogP contribution in [0.25, 0.3) is 0 Å². The maximum absolute atomic E-state index is 12.0. The molecule has 0 aliphatic carbocycles. The molecule has 1 aromatic rings. The summed E-state index contributed by atoms with van der Waals surface area (Å²) < 4.78 is 25.6. The molecule has 0 unspecified atom stereocenters. The Hall–Kier alpha value is -1.41. The zero-order valence-electron chi connectivity index (χ0n) is 12.6. The Bertz CT molecular complexity index is 538. The van der Waals surface area contributed by atoms with Crippen LogP contribution in [-0.4, -0.2) is 61.4 Å². The second-order valence-corrected chi connectivity index (χ2v) is 7.10. The number of rotatable bonds is 6. The van der Waals surface area contributed by atoms with Crippen LogP contribution in [0, 0.1) is 0 Å². The molecule has 1 fully saturated rings. The van der Waals surface area contributed by atoms with Crippen molar-refractivity contribution in [3.8, 4) is 0 Å². The number of sulfonamides is 1. The van der Waals surface area contributed by atoms with Crippen LogP contribution in [0.3, 0.4) is 0 Å². The van der Waals surface area contributed by atoms with E-state index in [1.54, 1.807) is 4.31 Å². The van der Waals surface area contributed by atoms with Gasteiger partial charge in [0.05, 0.1) is 5.75 Å². The van der Waals surface area contributed by atoms with Crippen molar-refractivity contribution in [1.29, 1.82) is 0 Å². The molecule has 0 saturated carbocycles. The fourth-order valence-electron chi connectivity index (χ4n) is 2.35. The van der Waals surface area contributed by atoms with Gasteiger partial charge in [-0.3, -0.25) is 0 Å². The molecule has 21 heavy (non-hydrogen) atoms. The molecule has 2 heterocycles. The standard InChI is InChI=1S/C13H23N5O2S/c1-3-11-21(19,20)18-9-7-17(8-10-18)13-6-5-12(14-4-2)15-16-13/h5-6H,3-4,7-11H2,1-2H3,(H,14,15). The summed E-state index contributed by atoms with van der Waals surface area (Å²) in [6.45, 7) is 7.02. The smallest absolute Gasteiger partial charge is 0.214 e. The summed E-state index contributed by atoms with van der Waals surface area (Å²) in [5, 5.41) is 11.4. The van der Waals surface area contributed by atoms with Crippen molar-refractivity contribution in [3.05, 3.63) is 12.1 Å². The molecule has 1 aliphatic rings. The third-order valence-electron chi connectivity index (χ3n) is 3.43. The molecule has 0 radical (unpaired) electrons. The van der Waals surface area contributed by atoms with Gasteiger partial charge in [-0.05, 0) is 25.5 Å². The molecule has 0 bridgehead atoms. The van der Waals surface area contributed by atoms with Crippen LogP contribution >= 0.6 is 0 Å². The number of nitrogens with zero attached hydrogens (tertiary/aromatic N) is 4. The van der Waals surface area contributed by atoms with Gasteiger partial charge in [-0.1, -0.05) is 6.92 Å². The molecule has 118 valence electrons. The molecular weight excluding hydrogens is 290 g/mol. The first-order valence-corrected chi connectivity index (χ1v) is 8.98. The quantitative estimate of drug-likeness (QED) is 0.836. The van der Waals surface area contributed by atoms with Crippen molar-refractivity contribution in [2.45, 2.75) is 20.3 Å². The topological polar surface area (TPSA) is 78.4 Å². The normalized spacial score (nSPS) is 17.0. The summed E-state index contributed by atoms with van der Waals surface area (Å²) in [4.78, 5) is 2.07. The summed E-state index contributed by atoms with van der Waals surface area (Å²) in [7, 11) is -3.09. The van der Waals surface area contributed by atoms with Gasteiger partial charge in [-0.2, -0.15) is 4.31 Å². The predicted molar refractivity (Wildman–Crippen MR) is 84.1 cm³/mol. The molecule has 0 spiro atoms. The van der Waals surface area contributed by atoms with Crippen molar-refractivity contribution in [1.82, 2.24) is 14.5 Å². The van der Waals surface area contributed by atoms with E-state index >= 15 is 0 Å². The fraction of sp³-hybridized carbons (Fsp3) is 0.692. The minimum atomic E-state index is -3.09. The average Bonchev–Trinajstić information content (AvgIpc) is 2.48. The number of piperazine rings is 1. The highest BCUT2D eigenvalue weighted by Crippen LogP contribution is 2.16. The van der Waals surface area contributed by atoms with E-state index < -0.39 is 10.0 Å². The maximum atomic E-state index is 12.0. The Morgan fingerprint density at radius 3 is 2.38 bits per heavy atom. The second kappa shape index (κ2) is 7.04. The van der Waals surface area contributed by atoms with Gasteiger partial charge in [0.2, 0.25) is 10.0 Å². The van der Waals surface area contributed by atoms with Crippen molar-refractivity contribution >= 4 is 21.7 Å². The summed E-state index contributed by atoms with van der Waals surface area (Å²) in [6.07, 6.45) is 0.653. The first-order valence-electron chi connectivity index (χ1n) is 7.37. The van der Waals surface area contributed by atoms with Gasteiger partial charge >= 0.3 is 0 Å². The van der Waals surface area contributed by atoms with Gasteiger partial charge in [0.15, 0.2) is 5.82 Å². The molecule has 1 N–H and O–H groups in total. The lowest BCUT2D eigenvalue weighted by molar-refractivity contribution is 0.383. The first kappa shape index (κ1) is 16.0. The molecule has 0 amide bonds. The molecule has 1 saturated heterocycles. The highest BCUT2D eigenvalue weighted by molar-refractivity contribution is 7.89. The Balaban J connectivity index is 1.94. The predicted octanol–water partition coefficient (Wildman–Crippen LogP) is 0.770. The molecule has 0 atom stereocenters. The number of anilines is 2. The maximum Gasteiger partial charge on any atom is 0.214 e. The van der Waals surface area contributed by atoms with Crippen LogP contribution in [0.15, 0.2) is 12.1 Å². The van der Waals surface area contributed by atoms with Crippen molar-refractivity contribution in [2.75, 3.05) is 48.7 Å². The fourth-order valence-corrected chi connectivity index (χ4v) is 3.85. The molecule has 2 rings (SSSR count). The van der Waals surface area contributed by atoms with E-state index in [0.29, 0.717) is 32.6 Å². The van der Waals surface area contributed by atoms with Gasteiger partial charge in [0.1, 0.15) is 5.82 Å². The largest absolute Gasteiger partial charge is 0.369 e. The Morgan fingerprint density at radius 2 is 1.86 bits per heavy atom. The van der Waals surface area contributed by atoms with E-state index in [4.69, 9.17) is 0 Å². The van der Waals surface area contributed by atoms with Gasteiger partial charge in [0.25, 0.3) is 0 Å². The lowest BCUT2D eigenvalue weighted by atomic mass is 10.3. The van der Waals surface area contributed by atoms with Crippen LogP contribution in [-0.2, 0) is 10.0 Å². The molecule has 7 nitrogen and oxygen atoms in total. The van der Waals surface area contributed by atoms with E-state index in [1.165, 1.54) is 0 Å². The van der Waals surface area contributed by atoms with E-state index in [-0.39, 0.29) is 5.75 Å². The van der Waals surface area contributed by atoms with E-state index in [9.17, 15) is 8.42 Å². The van der Waals surface area contributed by atoms with Crippen molar-refractivity contribution in [3.63, 3.8) is 0 Å². The van der Waals surface area contributed by atoms with E-state index in [2.05, 4.69) is 20.4 Å².